The van der Waals surface area contributed by atoms with E-state index in [1.54, 1.807) is 7.11 Å². The van der Waals surface area contributed by atoms with Crippen molar-refractivity contribution < 1.29 is 4.74 Å². The van der Waals surface area contributed by atoms with E-state index in [0.29, 0.717) is 6.04 Å². The molecule has 0 saturated carbocycles. The van der Waals surface area contributed by atoms with Crippen molar-refractivity contribution in [3.63, 3.8) is 0 Å². The van der Waals surface area contributed by atoms with Crippen molar-refractivity contribution in [1.82, 2.24) is 4.90 Å². The van der Waals surface area contributed by atoms with Crippen LogP contribution in [-0.2, 0) is 11.3 Å². The van der Waals surface area contributed by atoms with E-state index in [1.807, 2.05) is 12.1 Å². The maximum atomic E-state index is 6.27. The smallest absolute Gasteiger partial charge is 0.0589 e. The number of hydrogen-bond donors (Lipinski definition) is 0. The summed E-state index contributed by atoms with van der Waals surface area (Å²) in [6.07, 6.45) is 1.12. The largest absolute Gasteiger partial charge is 0.383 e. The average Bonchev–Trinajstić information content (AvgIpc) is 2.36. The molecule has 18 heavy (non-hydrogen) atoms. The zero-order chi connectivity index (χ0) is 13.5. The molecule has 4 heteroatoms. The third-order valence-electron chi connectivity index (χ3n) is 3.19. The number of hydrogen-bond acceptors (Lipinski definition) is 2. The van der Waals surface area contributed by atoms with Crippen molar-refractivity contribution in [3.05, 3.63) is 33.3 Å². The molecule has 0 radical (unpaired) electrons. The summed E-state index contributed by atoms with van der Waals surface area (Å²) in [7, 11) is 1.74. The van der Waals surface area contributed by atoms with Gasteiger partial charge in [0.25, 0.3) is 0 Å². The van der Waals surface area contributed by atoms with Crippen LogP contribution in [0.1, 0.15) is 25.8 Å². The fourth-order valence-electron chi connectivity index (χ4n) is 1.79. The van der Waals surface area contributed by atoms with Gasteiger partial charge in [0, 0.05) is 35.7 Å². The van der Waals surface area contributed by atoms with E-state index in [-0.39, 0.29) is 0 Å². The van der Waals surface area contributed by atoms with Crippen LogP contribution in [0.25, 0.3) is 0 Å². The molecule has 0 saturated heterocycles. The minimum atomic E-state index is 0.528. The molecular weight excluding hydrogens is 314 g/mol. The standard InChI is InChI=1S/C14H21BrClNO/c1-4-11(2)17(7-8-18-3)10-12-5-6-13(15)9-14(12)16/h5-6,9,11H,4,7-8,10H2,1-3H3. The number of rotatable bonds is 7. The first-order chi connectivity index (χ1) is 8.58. The fourth-order valence-corrected chi connectivity index (χ4v) is 2.52. The molecule has 0 aliphatic carbocycles. The van der Waals surface area contributed by atoms with Gasteiger partial charge in [0.05, 0.1) is 6.61 Å². The van der Waals surface area contributed by atoms with E-state index in [2.05, 4.69) is 40.7 Å². The molecule has 0 aliphatic rings. The third kappa shape index (κ3) is 4.88. The lowest BCUT2D eigenvalue weighted by Crippen LogP contribution is -2.34. The van der Waals surface area contributed by atoms with Crippen LogP contribution in [-0.4, -0.2) is 31.2 Å². The van der Waals surface area contributed by atoms with Crippen molar-refractivity contribution >= 4 is 27.5 Å². The van der Waals surface area contributed by atoms with Crippen LogP contribution < -0.4 is 0 Å². The Morgan fingerprint density at radius 1 is 1.44 bits per heavy atom. The van der Waals surface area contributed by atoms with Crippen molar-refractivity contribution in [2.24, 2.45) is 0 Å². The van der Waals surface area contributed by atoms with Crippen LogP contribution in [0.5, 0.6) is 0 Å². The summed E-state index contributed by atoms with van der Waals surface area (Å²) in [6, 6.07) is 6.59. The fraction of sp³-hybridized carbons (Fsp3) is 0.571. The summed E-state index contributed by atoms with van der Waals surface area (Å²) < 4.78 is 6.19. The van der Waals surface area contributed by atoms with Crippen LogP contribution >= 0.6 is 27.5 Å². The first kappa shape index (κ1) is 16.0. The highest BCUT2D eigenvalue weighted by molar-refractivity contribution is 9.10. The predicted octanol–water partition coefficient (Wildman–Crippen LogP) is 4.35. The normalized spacial score (nSPS) is 13.0. The molecule has 0 bridgehead atoms. The topological polar surface area (TPSA) is 12.5 Å². The van der Waals surface area contributed by atoms with Gasteiger partial charge in [-0.1, -0.05) is 40.5 Å². The minimum Gasteiger partial charge on any atom is -0.383 e. The number of benzene rings is 1. The molecular formula is C14H21BrClNO. The minimum absolute atomic E-state index is 0.528. The average molecular weight is 335 g/mol. The highest BCUT2D eigenvalue weighted by Gasteiger charge is 2.14. The summed E-state index contributed by atoms with van der Waals surface area (Å²) >= 11 is 9.70. The van der Waals surface area contributed by atoms with Crippen LogP contribution in [0.3, 0.4) is 0 Å². The Morgan fingerprint density at radius 2 is 2.17 bits per heavy atom. The van der Waals surface area contributed by atoms with Crippen molar-refractivity contribution in [2.75, 3.05) is 20.3 Å². The Kier molecular flexibility index (Phi) is 7.23. The lowest BCUT2D eigenvalue weighted by molar-refractivity contribution is 0.118. The summed E-state index contributed by atoms with van der Waals surface area (Å²) in [5, 5.41) is 0.815. The monoisotopic (exact) mass is 333 g/mol. The second-order valence-electron chi connectivity index (χ2n) is 4.46. The van der Waals surface area contributed by atoms with E-state index in [0.717, 1.165) is 41.2 Å². The molecule has 0 N–H and O–H groups in total. The highest BCUT2D eigenvalue weighted by atomic mass is 79.9. The molecule has 1 rings (SSSR count). The first-order valence-electron chi connectivity index (χ1n) is 6.25. The Balaban J connectivity index is 2.75. The second-order valence-corrected chi connectivity index (χ2v) is 5.78. The third-order valence-corrected chi connectivity index (χ3v) is 4.03. The summed E-state index contributed by atoms with van der Waals surface area (Å²) in [5.41, 5.74) is 1.16. The van der Waals surface area contributed by atoms with Crippen molar-refractivity contribution in [2.45, 2.75) is 32.9 Å². The molecule has 0 fully saturated rings. The molecule has 0 aromatic heterocycles. The van der Waals surface area contributed by atoms with E-state index in [1.165, 1.54) is 0 Å². The van der Waals surface area contributed by atoms with Gasteiger partial charge in [-0.25, -0.2) is 0 Å². The number of halogens is 2. The van der Waals surface area contributed by atoms with Gasteiger partial charge >= 0.3 is 0 Å². The molecule has 2 nitrogen and oxygen atoms in total. The van der Waals surface area contributed by atoms with Gasteiger partial charge in [-0.2, -0.15) is 0 Å². The van der Waals surface area contributed by atoms with E-state index < -0.39 is 0 Å². The maximum Gasteiger partial charge on any atom is 0.0589 e. The second kappa shape index (κ2) is 8.16. The Morgan fingerprint density at radius 3 is 2.72 bits per heavy atom. The maximum absolute atomic E-state index is 6.27. The van der Waals surface area contributed by atoms with Crippen LogP contribution in [0.2, 0.25) is 5.02 Å². The first-order valence-corrected chi connectivity index (χ1v) is 7.42. The molecule has 1 atom stereocenters. The molecule has 0 amide bonds. The molecule has 1 unspecified atom stereocenters. The zero-order valence-electron chi connectivity index (χ0n) is 11.2. The van der Waals surface area contributed by atoms with Crippen LogP contribution in [0, 0.1) is 0 Å². The number of ether oxygens (including phenoxy) is 1. The van der Waals surface area contributed by atoms with Gasteiger partial charge in [0.2, 0.25) is 0 Å². The molecule has 0 heterocycles. The number of nitrogens with zero attached hydrogens (tertiary/aromatic N) is 1. The Hall–Kier alpha value is -0.0900. The SMILES string of the molecule is CCC(C)N(CCOC)Cc1ccc(Br)cc1Cl. The number of methoxy groups -OCH3 is 1. The molecule has 1 aromatic carbocycles. The Labute approximate surface area is 123 Å². The lowest BCUT2D eigenvalue weighted by Gasteiger charge is -2.28. The van der Waals surface area contributed by atoms with Gasteiger partial charge < -0.3 is 4.74 Å². The quantitative estimate of drug-likeness (QED) is 0.735. The van der Waals surface area contributed by atoms with Gasteiger partial charge in [-0.05, 0) is 31.0 Å². The van der Waals surface area contributed by atoms with E-state index >= 15 is 0 Å². The van der Waals surface area contributed by atoms with E-state index in [4.69, 9.17) is 16.3 Å². The van der Waals surface area contributed by atoms with Gasteiger partial charge in [0.1, 0.15) is 0 Å². The van der Waals surface area contributed by atoms with Gasteiger partial charge in [-0.15, -0.1) is 0 Å². The lowest BCUT2D eigenvalue weighted by atomic mass is 10.1. The summed E-state index contributed by atoms with van der Waals surface area (Å²) in [5.74, 6) is 0. The molecule has 0 aliphatic heterocycles. The van der Waals surface area contributed by atoms with Crippen molar-refractivity contribution in [1.29, 1.82) is 0 Å². The van der Waals surface area contributed by atoms with E-state index in [9.17, 15) is 0 Å². The van der Waals surface area contributed by atoms with Crippen LogP contribution in [0.4, 0.5) is 0 Å². The highest BCUT2D eigenvalue weighted by Crippen LogP contribution is 2.23. The zero-order valence-corrected chi connectivity index (χ0v) is 13.6. The van der Waals surface area contributed by atoms with Crippen LogP contribution in [0.15, 0.2) is 22.7 Å². The Bertz CT molecular complexity index is 373. The molecule has 0 spiro atoms. The van der Waals surface area contributed by atoms with Crippen molar-refractivity contribution in [3.8, 4) is 0 Å². The summed E-state index contributed by atoms with van der Waals surface area (Å²) in [6.45, 7) is 6.98. The molecule has 1 aromatic rings. The van der Waals surface area contributed by atoms with Gasteiger partial charge in [0.15, 0.2) is 0 Å². The predicted molar refractivity (Wildman–Crippen MR) is 81.2 cm³/mol. The summed E-state index contributed by atoms with van der Waals surface area (Å²) in [4.78, 5) is 2.40. The molecule has 102 valence electrons. The van der Waals surface area contributed by atoms with Gasteiger partial charge in [-0.3, -0.25) is 4.90 Å².